The predicted octanol–water partition coefficient (Wildman–Crippen LogP) is 4.76. The highest BCUT2D eigenvalue weighted by Gasteiger charge is 2.12. The van der Waals surface area contributed by atoms with Crippen molar-refractivity contribution >= 4 is 32.7 Å². The molecule has 0 saturated heterocycles. The van der Waals surface area contributed by atoms with Crippen molar-refractivity contribution in [2.75, 3.05) is 18.0 Å². The number of anilines is 1. The van der Waals surface area contributed by atoms with Gasteiger partial charge in [0.1, 0.15) is 5.82 Å². The van der Waals surface area contributed by atoms with Gasteiger partial charge >= 0.3 is 0 Å². The normalized spacial score (nSPS) is 10.9. The molecule has 0 atom stereocenters. The van der Waals surface area contributed by atoms with Gasteiger partial charge in [-0.05, 0) is 25.5 Å². The van der Waals surface area contributed by atoms with Gasteiger partial charge in [0.15, 0.2) is 0 Å². The lowest BCUT2D eigenvalue weighted by Gasteiger charge is -2.24. The van der Waals surface area contributed by atoms with Gasteiger partial charge in [-0.1, -0.05) is 47.5 Å². The summed E-state index contributed by atoms with van der Waals surface area (Å²) in [6, 6.07) is 10.6. The van der Waals surface area contributed by atoms with E-state index in [0.717, 1.165) is 29.8 Å². The lowest BCUT2D eigenvalue weighted by molar-refractivity contribution is 0.723. The van der Waals surface area contributed by atoms with Crippen molar-refractivity contribution in [2.45, 2.75) is 32.0 Å². The quantitative estimate of drug-likeness (QED) is 0.713. The Morgan fingerprint density at radius 3 is 2.68 bits per heavy atom. The summed E-state index contributed by atoms with van der Waals surface area (Å²) in [5.41, 5.74) is 2.36. The van der Waals surface area contributed by atoms with E-state index in [1.54, 1.807) is 0 Å². The lowest BCUT2D eigenvalue weighted by atomic mass is 10.1. The summed E-state index contributed by atoms with van der Waals surface area (Å²) in [5.74, 6) is 1.13. The molecule has 0 aliphatic rings. The van der Waals surface area contributed by atoms with Gasteiger partial charge in [0.25, 0.3) is 0 Å². The second-order valence-electron chi connectivity index (χ2n) is 4.73. The Labute approximate surface area is 124 Å². The maximum Gasteiger partial charge on any atom is 0.133 e. The van der Waals surface area contributed by atoms with E-state index in [2.05, 4.69) is 65.0 Å². The van der Waals surface area contributed by atoms with E-state index in [1.807, 2.05) is 0 Å². The van der Waals surface area contributed by atoms with E-state index in [-0.39, 0.29) is 0 Å². The molecule has 1 aromatic heterocycles. The molecule has 0 radical (unpaired) electrons. The van der Waals surface area contributed by atoms with Crippen LogP contribution in [0.25, 0.3) is 10.9 Å². The molecule has 0 amide bonds. The summed E-state index contributed by atoms with van der Waals surface area (Å²) in [7, 11) is 0. The van der Waals surface area contributed by atoms with Crippen LogP contribution in [0.3, 0.4) is 0 Å². The van der Waals surface area contributed by atoms with Crippen LogP contribution in [0, 0.1) is 0 Å². The van der Waals surface area contributed by atoms with Crippen molar-refractivity contribution in [1.82, 2.24) is 4.98 Å². The lowest BCUT2D eigenvalue weighted by Crippen LogP contribution is -2.26. The summed E-state index contributed by atoms with van der Waals surface area (Å²) >= 11 is 3.59. The zero-order valence-electron chi connectivity index (χ0n) is 11.7. The molecule has 0 fully saturated rings. The third-order valence-electron chi connectivity index (χ3n) is 3.39. The van der Waals surface area contributed by atoms with Gasteiger partial charge in [0.2, 0.25) is 0 Å². The molecule has 0 spiro atoms. The van der Waals surface area contributed by atoms with Crippen molar-refractivity contribution in [3.05, 3.63) is 35.9 Å². The molecule has 2 nitrogen and oxygen atoms in total. The fourth-order valence-corrected chi connectivity index (χ4v) is 2.70. The SMILES string of the molecule is CCCCN(CC)c1nc2ccccc2cc1CBr. The van der Waals surface area contributed by atoms with E-state index in [0.29, 0.717) is 0 Å². The fourth-order valence-electron chi connectivity index (χ4n) is 2.28. The Kier molecular flexibility index (Phi) is 5.20. The van der Waals surface area contributed by atoms with Gasteiger partial charge < -0.3 is 4.90 Å². The topological polar surface area (TPSA) is 16.1 Å². The van der Waals surface area contributed by atoms with Crippen LogP contribution in [-0.4, -0.2) is 18.1 Å². The standard InChI is InChI=1S/C16H21BrN2/c1-3-5-10-19(4-2)16-14(12-17)11-13-8-6-7-9-15(13)18-16/h6-9,11H,3-5,10,12H2,1-2H3. The zero-order valence-corrected chi connectivity index (χ0v) is 13.3. The van der Waals surface area contributed by atoms with Crippen molar-refractivity contribution in [1.29, 1.82) is 0 Å². The summed E-state index contributed by atoms with van der Waals surface area (Å²) < 4.78 is 0. The van der Waals surface area contributed by atoms with Crippen molar-refractivity contribution < 1.29 is 0 Å². The number of nitrogens with zero attached hydrogens (tertiary/aromatic N) is 2. The monoisotopic (exact) mass is 320 g/mol. The molecule has 102 valence electrons. The van der Waals surface area contributed by atoms with Gasteiger partial charge in [-0.2, -0.15) is 0 Å². The minimum absolute atomic E-state index is 0.850. The first-order valence-corrected chi connectivity index (χ1v) is 8.11. The number of rotatable bonds is 6. The van der Waals surface area contributed by atoms with E-state index < -0.39 is 0 Å². The molecular formula is C16H21BrN2. The molecule has 1 heterocycles. The highest BCUT2D eigenvalue weighted by molar-refractivity contribution is 9.08. The summed E-state index contributed by atoms with van der Waals surface area (Å²) in [6.07, 6.45) is 2.43. The Morgan fingerprint density at radius 1 is 1.21 bits per heavy atom. The molecule has 0 N–H and O–H groups in total. The molecule has 0 aliphatic carbocycles. The molecule has 3 heteroatoms. The molecule has 0 unspecified atom stereocenters. The number of alkyl halides is 1. The molecule has 2 rings (SSSR count). The number of para-hydroxylation sites is 1. The minimum atomic E-state index is 0.850. The highest BCUT2D eigenvalue weighted by Crippen LogP contribution is 2.25. The average Bonchev–Trinajstić information content (AvgIpc) is 2.47. The highest BCUT2D eigenvalue weighted by atomic mass is 79.9. The zero-order chi connectivity index (χ0) is 13.7. The van der Waals surface area contributed by atoms with Crippen LogP contribution in [0.2, 0.25) is 0 Å². The van der Waals surface area contributed by atoms with Gasteiger partial charge in [-0.25, -0.2) is 4.98 Å². The van der Waals surface area contributed by atoms with Gasteiger partial charge in [-0.15, -0.1) is 0 Å². The van der Waals surface area contributed by atoms with Crippen molar-refractivity contribution in [3.63, 3.8) is 0 Å². The molecule has 2 aromatic rings. The average molecular weight is 321 g/mol. The Morgan fingerprint density at radius 2 is 2.00 bits per heavy atom. The fraction of sp³-hybridized carbons (Fsp3) is 0.438. The first kappa shape index (κ1) is 14.3. The number of hydrogen-bond donors (Lipinski definition) is 0. The number of aromatic nitrogens is 1. The first-order chi connectivity index (χ1) is 9.30. The summed E-state index contributed by atoms with van der Waals surface area (Å²) in [5, 5.41) is 2.07. The van der Waals surface area contributed by atoms with E-state index in [1.165, 1.54) is 23.8 Å². The first-order valence-electron chi connectivity index (χ1n) is 6.99. The van der Waals surface area contributed by atoms with Crippen molar-refractivity contribution in [2.24, 2.45) is 0 Å². The largest absolute Gasteiger partial charge is 0.357 e. The molecule has 0 saturated carbocycles. The molecule has 19 heavy (non-hydrogen) atoms. The van der Waals surface area contributed by atoms with Gasteiger partial charge in [0, 0.05) is 29.4 Å². The van der Waals surface area contributed by atoms with Gasteiger partial charge in [0.05, 0.1) is 5.52 Å². The van der Waals surface area contributed by atoms with Crippen LogP contribution in [-0.2, 0) is 5.33 Å². The number of halogens is 1. The van der Waals surface area contributed by atoms with E-state index >= 15 is 0 Å². The van der Waals surface area contributed by atoms with Crippen LogP contribution >= 0.6 is 15.9 Å². The molecular weight excluding hydrogens is 300 g/mol. The number of pyridine rings is 1. The van der Waals surface area contributed by atoms with Crippen LogP contribution in [0.5, 0.6) is 0 Å². The van der Waals surface area contributed by atoms with Crippen LogP contribution in [0.1, 0.15) is 32.3 Å². The second kappa shape index (κ2) is 6.90. The Balaban J connectivity index is 2.44. The van der Waals surface area contributed by atoms with Crippen molar-refractivity contribution in [3.8, 4) is 0 Å². The Hall–Kier alpha value is -1.09. The number of hydrogen-bond acceptors (Lipinski definition) is 2. The molecule has 0 aliphatic heterocycles. The number of fused-ring (bicyclic) bond motifs is 1. The second-order valence-corrected chi connectivity index (χ2v) is 5.29. The maximum absolute atomic E-state index is 4.87. The number of benzene rings is 1. The van der Waals surface area contributed by atoms with Crippen LogP contribution < -0.4 is 4.90 Å². The van der Waals surface area contributed by atoms with E-state index in [9.17, 15) is 0 Å². The van der Waals surface area contributed by atoms with Crippen LogP contribution in [0.15, 0.2) is 30.3 Å². The maximum atomic E-state index is 4.87. The summed E-state index contributed by atoms with van der Waals surface area (Å²) in [4.78, 5) is 7.25. The third-order valence-corrected chi connectivity index (χ3v) is 3.99. The van der Waals surface area contributed by atoms with Crippen LogP contribution in [0.4, 0.5) is 5.82 Å². The predicted molar refractivity (Wildman–Crippen MR) is 87.2 cm³/mol. The third kappa shape index (κ3) is 3.27. The number of unbranched alkanes of at least 4 members (excludes halogenated alkanes) is 1. The van der Waals surface area contributed by atoms with Gasteiger partial charge in [-0.3, -0.25) is 0 Å². The van der Waals surface area contributed by atoms with E-state index in [4.69, 9.17) is 4.98 Å². The summed E-state index contributed by atoms with van der Waals surface area (Å²) in [6.45, 7) is 6.52. The molecule has 1 aromatic carbocycles. The minimum Gasteiger partial charge on any atom is -0.357 e. The molecule has 0 bridgehead atoms. The smallest absolute Gasteiger partial charge is 0.133 e. The Bertz CT molecular complexity index is 539.